The Labute approximate surface area is 370 Å². The Morgan fingerprint density at radius 1 is 0.534 bits per heavy atom. The first-order valence-corrected chi connectivity index (χ1v) is 24.5. The van der Waals surface area contributed by atoms with Crippen LogP contribution in [0.5, 0.6) is 0 Å². The van der Waals surface area contributed by atoms with Gasteiger partial charge < -0.3 is 9.80 Å². The fourth-order valence-corrected chi connectivity index (χ4v) is 11.9. The predicted molar refractivity (Wildman–Crippen MR) is 235 cm³/mol. The zero-order valence-corrected chi connectivity index (χ0v) is 38.1. The predicted octanol–water partition coefficient (Wildman–Crippen LogP) is 9.75. The maximum absolute atomic E-state index is 13.5. The van der Waals surface area contributed by atoms with Crippen LogP contribution in [0.4, 0.5) is 19.0 Å². The fourth-order valence-electron chi connectivity index (χ4n) is 6.24. The monoisotopic (exact) mass is 1030 g/mol. The maximum Gasteiger partial charge on any atom is 0.243 e. The molecule has 0 saturated carbocycles. The Kier molecular flexibility index (Phi) is 13.6. The molecule has 0 amide bonds. The van der Waals surface area contributed by atoms with Gasteiger partial charge in [0.05, 0.1) is 21.2 Å². The van der Waals surface area contributed by atoms with Gasteiger partial charge >= 0.3 is 0 Å². The van der Waals surface area contributed by atoms with E-state index < -0.39 is 31.7 Å². The first-order valence-electron chi connectivity index (χ1n) is 17.5. The lowest BCUT2D eigenvalue weighted by Gasteiger charge is -2.33. The van der Waals surface area contributed by atoms with Gasteiger partial charge in [0.2, 0.25) is 20.0 Å². The molecule has 0 bridgehead atoms. The molecule has 10 nitrogen and oxygen atoms in total. The van der Waals surface area contributed by atoms with E-state index in [9.17, 15) is 25.6 Å². The Balaban J connectivity index is 0.000000177. The molecule has 4 heterocycles. The summed E-state index contributed by atoms with van der Waals surface area (Å²) in [6.45, 7) is 3.63. The molecular weight excluding hydrogens is 1000 g/mol. The number of anilines is 2. The summed E-state index contributed by atoms with van der Waals surface area (Å²) in [5.74, 6) is -1.30. The largest absolute Gasteiger partial charge is 0.345 e. The van der Waals surface area contributed by atoms with Crippen molar-refractivity contribution in [3.05, 3.63) is 126 Å². The molecule has 0 N–H and O–H groups in total. The summed E-state index contributed by atoms with van der Waals surface area (Å²) >= 11 is 21.7. The van der Waals surface area contributed by atoms with Crippen molar-refractivity contribution in [2.75, 3.05) is 62.2 Å². The Bertz CT molecular complexity index is 2400. The van der Waals surface area contributed by atoms with E-state index in [-0.39, 0.29) is 4.90 Å². The van der Waals surface area contributed by atoms with Crippen molar-refractivity contribution in [3.63, 3.8) is 0 Å². The zero-order valence-electron chi connectivity index (χ0n) is 30.1. The van der Waals surface area contributed by atoms with E-state index in [4.69, 9.17) is 28.2 Å². The van der Waals surface area contributed by atoms with Gasteiger partial charge in [-0.15, -0.1) is 22.7 Å². The van der Waals surface area contributed by atoms with Crippen LogP contribution in [0, 0.1) is 11.6 Å². The third kappa shape index (κ3) is 10.1. The smallest absolute Gasteiger partial charge is 0.243 e. The summed E-state index contributed by atoms with van der Waals surface area (Å²) in [6.07, 6.45) is 0. The summed E-state index contributed by atoms with van der Waals surface area (Å²) in [6, 6.07) is 21.9. The second-order valence-corrected chi connectivity index (χ2v) is 21.3. The Hall–Kier alpha value is -3.04. The van der Waals surface area contributed by atoms with Crippen molar-refractivity contribution in [2.24, 2.45) is 0 Å². The van der Waals surface area contributed by atoms with E-state index >= 15 is 0 Å². The lowest BCUT2D eigenvalue weighted by molar-refractivity contribution is 0.384. The van der Waals surface area contributed by atoms with Gasteiger partial charge in [-0.2, -0.15) is 8.61 Å². The van der Waals surface area contributed by atoms with Gasteiger partial charge in [0.15, 0.2) is 10.3 Å². The number of rotatable bonds is 8. The van der Waals surface area contributed by atoms with E-state index in [0.717, 1.165) is 31.4 Å². The normalized spacial score (nSPS) is 15.6. The molecule has 58 heavy (non-hydrogen) atoms. The molecule has 0 radical (unpaired) electrons. The number of piperazine rings is 2. The SMILES string of the molecule is O=S(=O)(c1ccc(Br)cc1)N1CCN(c2nc(-c3cc(Cl)cc(Cl)c3)cs2)CC1.O=S(=O)(c1ccc(Br)cc1)N1CCN(c2nc(-c3cc(F)cc(F)c3)cs2)CC1. The first-order chi connectivity index (χ1) is 27.6. The van der Waals surface area contributed by atoms with Crippen molar-refractivity contribution < 1.29 is 25.6 Å². The van der Waals surface area contributed by atoms with Crippen molar-refractivity contribution in [1.29, 1.82) is 0 Å². The summed E-state index contributed by atoms with van der Waals surface area (Å²) in [7, 11) is -7.04. The van der Waals surface area contributed by atoms with Crippen molar-refractivity contribution in [3.8, 4) is 22.5 Å². The van der Waals surface area contributed by atoms with Gasteiger partial charge in [-0.05, 0) is 78.9 Å². The van der Waals surface area contributed by atoms with Crippen molar-refractivity contribution in [2.45, 2.75) is 9.79 Å². The number of aromatic nitrogens is 2. The van der Waals surface area contributed by atoms with Crippen LogP contribution in [0.25, 0.3) is 22.5 Å². The zero-order chi connectivity index (χ0) is 41.2. The highest BCUT2D eigenvalue weighted by Gasteiger charge is 2.31. The average molecular weight is 1030 g/mol. The second-order valence-electron chi connectivity index (χ2n) is 13.0. The van der Waals surface area contributed by atoms with Crippen LogP contribution in [-0.4, -0.2) is 87.8 Å². The second kappa shape index (κ2) is 18.3. The van der Waals surface area contributed by atoms with E-state index in [2.05, 4.69) is 41.7 Å². The van der Waals surface area contributed by atoms with Crippen molar-refractivity contribution in [1.82, 2.24) is 18.6 Å². The molecule has 8 rings (SSSR count). The van der Waals surface area contributed by atoms with E-state index in [0.29, 0.717) is 83.7 Å². The minimum atomic E-state index is -3.55. The Morgan fingerprint density at radius 3 is 1.28 bits per heavy atom. The number of benzene rings is 4. The highest BCUT2D eigenvalue weighted by Crippen LogP contribution is 2.33. The van der Waals surface area contributed by atoms with Gasteiger partial charge in [-0.1, -0.05) is 55.1 Å². The average Bonchev–Trinajstić information content (AvgIpc) is 3.90. The highest BCUT2D eigenvalue weighted by atomic mass is 79.9. The molecule has 2 aliphatic rings. The van der Waals surface area contributed by atoms with Crippen LogP contribution in [0.3, 0.4) is 0 Å². The van der Waals surface area contributed by atoms with Crippen LogP contribution in [0.15, 0.2) is 114 Å². The number of halogens is 6. The number of thiazole rings is 2. The molecule has 2 fully saturated rings. The summed E-state index contributed by atoms with van der Waals surface area (Å²) < 4.78 is 82.9. The minimum Gasteiger partial charge on any atom is -0.345 e. The molecule has 2 aliphatic heterocycles. The molecule has 2 aromatic heterocycles. The van der Waals surface area contributed by atoms with Gasteiger partial charge in [0.1, 0.15) is 11.6 Å². The lowest BCUT2D eigenvalue weighted by Crippen LogP contribution is -2.48. The highest BCUT2D eigenvalue weighted by molar-refractivity contribution is 9.10. The van der Waals surface area contributed by atoms with E-state index in [1.165, 1.54) is 43.4 Å². The van der Waals surface area contributed by atoms with Crippen LogP contribution >= 0.6 is 77.7 Å². The summed E-state index contributed by atoms with van der Waals surface area (Å²) in [5, 5.41) is 6.39. The van der Waals surface area contributed by atoms with Gasteiger partial charge in [-0.3, -0.25) is 0 Å². The first kappa shape index (κ1) is 43.1. The maximum atomic E-state index is 13.5. The summed E-state index contributed by atoms with van der Waals surface area (Å²) in [5.41, 5.74) is 2.54. The molecule has 0 unspecified atom stereocenters. The standard InChI is InChI=1S/C19H16BrCl2N3O2S2.C19H16BrF2N3O2S2/c2*20-14-1-3-17(4-2-14)29(26,27)25-7-5-24(6-8-25)19-23-18(12-28-19)13-9-15(21)11-16(22)10-13/h2*1-4,9-12H,5-8H2. The molecule has 0 spiro atoms. The third-order valence-electron chi connectivity index (χ3n) is 9.22. The Morgan fingerprint density at radius 2 is 0.897 bits per heavy atom. The number of hydrogen-bond donors (Lipinski definition) is 0. The molecule has 20 heteroatoms. The minimum absolute atomic E-state index is 0.263. The molecular formula is C38H32Br2Cl2F2N6O4S4. The van der Waals surface area contributed by atoms with Gasteiger partial charge in [0.25, 0.3) is 0 Å². The molecule has 2 saturated heterocycles. The fraction of sp³-hybridized carbons (Fsp3) is 0.211. The molecule has 4 aromatic carbocycles. The van der Waals surface area contributed by atoms with Crippen LogP contribution in [0.1, 0.15) is 0 Å². The van der Waals surface area contributed by atoms with E-state index in [1.807, 2.05) is 22.4 Å². The third-order valence-corrected chi connectivity index (χ3v) is 16.3. The number of hydrogen-bond acceptors (Lipinski definition) is 10. The van der Waals surface area contributed by atoms with Crippen LogP contribution in [0.2, 0.25) is 10.0 Å². The topological polar surface area (TPSA) is 107 Å². The van der Waals surface area contributed by atoms with Crippen LogP contribution < -0.4 is 9.80 Å². The van der Waals surface area contributed by atoms with Crippen molar-refractivity contribution >= 4 is 108 Å². The lowest BCUT2D eigenvalue weighted by atomic mass is 10.1. The summed E-state index contributed by atoms with van der Waals surface area (Å²) in [4.78, 5) is 13.8. The van der Waals surface area contributed by atoms with E-state index in [1.54, 1.807) is 60.0 Å². The molecule has 6 aromatic rings. The number of nitrogens with zero attached hydrogens (tertiary/aromatic N) is 6. The quantitative estimate of drug-likeness (QED) is 0.149. The van der Waals surface area contributed by atoms with Gasteiger partial charge in [0, 0.05) is 99.3 Å². The molecule has 0 atom stereocenters. The van der Waals surface area contributed by atoms with Crippen LogP contribution in [-0.2, 0) is 20.0 Å². The number of sulfonamides is 2. The molecule has 0 aliphatic carbocycles. The van der Waals surface area contributed by atoms with Gasteiger partial charge in [-0.25, -0.2) is 35.6 Å². The molecule has 304 valence electrons.